The maximum Gasteiger partial charge on any atom is 0 e. The third kappa shape index (κ3) is 675. The quantitative estimate of drug-likeness (QED) is 0.355. The fraction of sp³-hybridized carbons (Fsp3) is 0. The van der Waals surface area contributed by atoms with E-state index >= 15 is 0 Å². The molecule has 0 spiro atoms. The summed E-state index contributed by atoms with van der Waals surface area (Å²) in [5, 5.41) is 0. The van der Waals surface area contributed by atoms with Crippen molar-refractivity contribution in [3.8, 4) is 0 Å². The summed E-state index contributed by atoms with van der Waals surface area (Å²) in [5.74, 6) is 0. The Morgan fingerprint density at radius 1 is 0.455 bits per heavy atom. The maximum atomic E-state index is 8.49. The zero-order chi connectivity index (χ0) is 9.00. The zero-order valence-corrected chi connectivity index (χ0v) is 9.92. The van der Waals surface area contributed by atoms with Crippen LogP contribution in [0.3, 0.4) is 0 Å². The molecule has 0 saturated carbocycles. The fourth-order valence-corrected chi connectivity index (χ4v) is 0. The van der Waals surface area contributed by atoms with Crippen LogP contribution in [0.15, 0.2) is 0 Å². The Kier molecular flexibility index (Phi) is 11.0. The zero-order valence-electron chi connectivity index (χ0n) is 4.52. The average molecular weight is 406 g/mol. The van der Waals surface area contributed by atoms with Crippen LogP contribution in [-0.2, 0) is 0 Å². The molecular weight excluding hydrogens is 406 g/mol. The van der Waals surface area contributed by atoms with Crippen molar-refractivity contribution >= 4 is 27.3 Å². The van der Waals surface area contributed by atoms with Gasteiger partial charge in [-0.3, -0.25) is 0 Å². The van der Waals surface area contributed by atoms with Crippen molar-refractivity contribution in [1.82, 2.24) is 0 Å². The molecule has 8 nitrogen and oxygen atoms in total. The van der Waals surface area contributed by atoms with E-state index in [1.165, 1.54) is 0 Å². The van der Waals surface area contributed by atoms with E-state index in [1.54, 1.807) is 0 Å². The monoisotopic (exact) mass is 406 g/mol. The summed E-state index contributed by atoms with van der Waals surface area (Å²) in [5.41, 5.74) is 0. The van der Waals surface area contributed by atoms with Crippen LogP contribution in [0, 0.1) is 20.5 Å². The van der Waals surface area contributed by atoms with Gasteiger partial charge in [-0.25, -0.2) is 37.3 Å². The van der Waals surface area contributed by atoms with Crippen LogP contribution in [0.4, 0.5) is 0 Å². The van der Waals surface area contributed by atoms with Crippen LogP contribution in [0.5, 0.6) is 0 Å². The Balaban J connectivity index is -0.000000107. The van der Waals surface area contributed by atoms with E-state index in [0.717, 1.165) is 0 Å². The van der Waals surface area contributed by atoms with Crippen LogP contribution in [0.2, 0.25) is 0 Å². The van der Waals surface area contributed by atoms with Gasteiger partial charge in [-0.1, -0.05) is 0 Å². The summed E-state index contributed by atoms with van der Waals surface area (Å²) in [6.45, 7) is 0. The maximum absolute atomic E-state index is 8.49. The second-order valence-electron chi connectivity index (χ2n) is 0.756. The summed E-state index contributed by atoms with van der Waals surface area (Å²) in [7, 11) is -9.89. The molecule has 0 N–H and O–H groups in total. The summed E-state index contributed by atoms with van der Waals surface area (Å²) in [6.07, 6.45) is 0. The molecular formula is Cl2O8Pb-2. The van der Waals surface area contributed by atoms with E-state index in [9.17, 15) is 0 Å². The van der Waals surface area contributed by atoms with Crippen LogP contribution in [0.1, 0.15) is 0 Å². The summed E-state index contributed by atoms with van der Waals surface area (Å²) in [6, 6.07) is 0. The molecule has 0 aromatic heterocycles. The van der Waals surface area contributed by atoms with Crippen molar-refractivity contribution in [2.24, 2.45) is 0 Å². The first kappa shape index (κ1) is 18.1. The Morgan fingerprint density at radius 2 is 0.455 bits per heavy atom. The first-order valence-corrected chi connectivity index (χ1v) is 3.70. The predicted molar refractivity (Wildman–Crippen MR) is 5.75 cm³/mol. The molecule has 0 aliphatic heterocycles. The molecule has 68 valence electrons. The van der Waals surface area contributed by atoms with Gasteiger partial charge in [0.1, 0.15) is 0 Å². The molecule has 0 unspecified atom stereocenters. The smallest absolute Gasteiger partial charge is 0 e. The Labute approximate surface area is 84.9 Å². The van der Waals surface area contributed by atoms with Gasteiger partial charge in [-0.05, 0) is 0 Å². The van der Waals surface area contributed by atoms with Gasteiger partial charge in [0.25, 0.3) is 0 Å². The van der Waals surface area contributed by atoms with Gasteiger partial charge in [-0.2, -0.15) is 0 Å². The number of halogens is 2. The fourth-order valence-electron chi connectivity index (χ4n) is 0. The molecule has 0 saturated heterocycles. The van der Waals surface area contributed by atoms with Crippen LogP contribution in [-0.4, -0.2) is 27.3 Å². The largest absolute Gasteiger partial charge is 0.222 e. The van der Waals surface area contributed by atoms with Crippen molar-refractivity contribution in [3.05, 3.63) is 0 Å². The van der Waals surface area contributed by atoms with Crippen molar-refractivity contribution in [2.75, 3.05) is 0 Å². The standard InChI is InChI=1S/2ClHO4.Pb/c2*2-1(3,4)5;/h2*(H,2,3,4,5);/p-2. The van der Waals surface area contributed by atoms with E-state index < -0.39 is 20.5 Å². The SMILES string of the molecule is [O-][Cl+3]([O-])([O-])[O-].[O-][Cl+3]([O-])([O-])[O-].[Pb]. The van der Waals surface area contributed by atoms with Crippen molar-refractivity contribution in [1.29, 1.82) is 0 Å². The third-order valence-corrected chi connectivity index (χ3v) is 0. The van der Waals surface area contributed by atoms with E-state index in [1.807, 2.05) is 0 Å². The number of hydrogen-bond acceptors (Lipinski definition) is 8. The Bertz CT molecular complexity index is 55.1. The molecule has 0 amide bonds. The van der Waals surface area contributed by atoms with Crippen LogP contribution in [0.25, 0.3) is 0 Å². The van der Waals surface area contributed by atoms with Crippen molar-refractivity contribution in [2.45, 2.75) is 0 Å². The van der Waals surface area contributed by atoms with E-state index in [4.69, 9.17) is 37.3 Å². The third-order valence-electron chi connectivity index (χ3n) is 0. The number of hydrogen-bond donors (Lipinski definition) is 0. The summed E-state index contributed by atoms with van der Waals surface area (Å²) < 4.78 is 67.9. The molecule has 0 bridgehead atoms. The van der Waals surface area contributed by atoms with Crippen LogP contribution < -0.4 is 37.3 Å². The summed E-state index contributed by atoms with van der Waals surface area (Å²) >= 11 is 0. The first-order chi connectivity index (χ1) is 4.00. The second kappa shape index (κ2) is 6.67. The summed E-state index contributed by atoms with van der Waals surface area (Å²) in [4.78, 5) is 0. The molecule has 0 rings (SSSR count). The molecule has 0 atom stereocenters. The predicted octanol–water partition coefficient (Wildman–Crippen LogP) is -9.89. The molecule has 0 heterocycles. The topological polar surface area (TPSA) is 184 Å². The van der Waals surface area contributed by atoms with Gasteiger partial charge in [0.15, 0.2) is 0 Å². The van der Waals surface area contributed by atoms with E-state index in [2.05, 4.69) is 0 Å². The van der Waals surface area contributed by atoms with E-state index in [0.29, 0.717) is 0 Å². The van der Waals surface area contributed by atoms with Crippen LogP contribution >= 0.6 is 0 Å². The molecule has 0 fully saturated rings. The van der Waals surface area contributed by atoms with Gasteiger partial charge < -0.3 is 0 Å². The van der Waals surface area contributed by atoms with Crippen molar-refractivity contribution in [3.63, 3.8) is 0 Å². The van der Waals surface area contributed by atoms with Gasteiger partial charge >= 0.3 is 0 Å². The van der Waals surface area contributed by atoms with Gasteiger partial charge in [0.05, 0.1) is 0 Å². The van der Waals surface area contributed by atoms with Gasteiger partial charge in [0.2, 0.25) is 0 Å². The van der Waals surface area contributed by atoms with Gasteiger partial charge in [-0.15, -0.1) is 20.5 Å². The minimum absolute atomic E-state index is 0. The molecule has 0 aliphatic carbocycles. The minimum Gasteiger partial charge on any atom is -0.222 e. The average Bonchev–Trinajstić information content (AvgIpc) is 1.12. The molecule has 0 aromatic carbocycles. The van der Waals surface area contributed by atoms with Gasteiger partial charge in [0, 0.05) is 27.3 Å². The molecule has 4 radical (unpaired) electrons. The Hall–Kier alpha value is 1.18. The second-order valence-corrected chi connectivity index (χ2v) is 2.27. The Morgan fingerprint density at radius 3 is 0.455 bits per heavy atom. The normalized spacial score (nSPS) is 10.9. The minimum atomic E-state index is -4.94. The molecule has 0 aromatic rings. The molecule has 11 heavy (non-hydrogen) atoms. The first-order valence-electron chi connectivity index (χ1n) is 1.23. The molecule has 11 heteroatoms. The van der Waals surface area contributed by atoms with Crippen molar-refractivity contribution < 1.29 is 57.8 Å². The number of rotatable bonds is 0. The molecule has 0 aliphatic rings. The van der Waals surface area contributed by atoms with E-state index in [-0.39, 0.29) is 27.3 Å².